The Hall–Kier alpha value is -2.68. The third-order valence-electron chi connectivity index (χ3n) is 3.84. The Morgan fingerprint density at radius 1 is 1.46 bits per heavy atom. The Morgan fingerprint density at radius 3 is 2.88 bits per heavy atom. The number of hydrogen-bond donors (Lipinski definition) is 1. The van der Waals surface area contributed by atoms with Gasteiger partial charge in [0, 0.05) is 19.0 Å². The zero-order chi connectivity index (χ0) is 17.1. The number of ether oxygens (including phenoxy) is 2. The summed E-state index contributed by atoms with van der Waals surface area (Å²) in [6.45, 7) is 2.45. The quantitative estimate of drug-likeness (QED) is 0.906. The van der Waals surface area contributed by atoms with Crippen LogP contribution in [-0.4, -0.2) is 37.9 Å². The molecule has 3 rings (SSSR count). The van der Waals surface area contributed by atoms with Crippen LogP contribution in [0.2, 0.25) is 0 Å². The number of aromatic nitrogens is 4. The SMILES string of the molecule is CCc1nn(C2CCCCO2)c(C(N)=O)c1OC(=O)n1ccnc1. The molecule has 1 saturated heterocycles. The third kappa shape index (κ3) is 3.02. The molecular formula is C15H19N5O4. The minimum absolute atomic E-state index is 0.0483. The number of aryl methyl sites for hydroxylation is 1. The first-order chi connectivity index (χ1) is 11.6. The van der Waals surface area contributed by atoms with Gasteiger partial charge in [0.05, 0.1) is 0 Å². The van der Waals surface area contributed by atoms with Crippen molar-refractivity contribution in [2.75, 3.05) is 6.61 Å². The van der Waals surface area contributed by atoms with Crippen molar-refractivity contribution in [2.24, 2.45) is 5.73 Å². The average molecular weight is 333 g/mol. The van der Waals surface area contributed by atoms with E-state index in [-0.39, 0.29) is 17.7 Å². The van der Waals surface area contributed by atoms with Crippen LogP contribution in [0.3, 0.4) is 0 Å². The van der Waals surface area contributed by atoms with Gasteiger partial charge in [-0.2, -0.15) is 5.10 Å². The van der Waals surface area contributed by atoms with Gasteiger partial charge in [0.25, 0.3) is 5.91 Å². The summed E-state index contributed by atoms with van der Waals surface area (Å²) in [5, 5.41) is 4.40. The number of carbonyl (C=O) groups excluding carboxylic acids is 2. The lowest BCUT2D eigenvalue weighted by atomic mass is 10.2. The van der Waals surface area contributed by atoms with Crippen LogP contribution in [0.5, 0.6) is 5.75 Å². The summed E-state index contributed by atoms with van der Waals surface area (Å²) < 4.78 is 13.7. The predicted octanol–water partition coefficient (Wildman–Crippen LogP) is 1.49. The van der Waals surface area contributed by atoms with Gasteiger partial charge in [0.15, 0.2) is 17.7 Å². The molecule has 1 aliphatic rings. The molecule has 128 valence electrons. The highest BCUT2D eigenvalue weighted by atomic mass is 16.6. The third-order valence-corrected chi connectivity index (χ3v) is 3.84. The summed E-state index contributed by atoms with van der Waals surface area (Å²) in [7, 11) is 0. The fraction of sp³-hybridized carbons (Fsp3) is 0.467. The highest BCUT2D eigenvalue weighted by Crippen LogP contribution is 2.31. The molecule has 0 aliphatic carbocycles. The first kappa shape index (κ1) is 16.2. The highest BCUT2D eigenvalue weighted by Gasteiger charge is 2.30. The molecular weight excluding hydrogens is 314 g/mol. The van der Waals surface area contributed by atoms with Gasteiger partial charge in [-0.25, -0.2) is 19.0 Å². The second kappa shape index (κ2) is 6.83. The fourth-order valence-electron chi connectivity index (χ4n) is 2.66. The van der Waals surface area contributed by atoms with Gasteiger partial charge in [-0.1, -0.05) is 6.92 Å². The van der Waals surface area contributed by atoms with Gasteiger partial charge in [-0.3, -0.25) is 4.79 Å². The van der Waals surface area contributed by atoms with Crippen molar-refractivity contribution in [2.45, 2.75) is 38.8 Å². The smallest absolute Gasteiger partial charge is 0.405 e. The van der Waals surface area contributed by atoms with Crippen molar-refractivity contribution < 1.29 is 19.1 Å². The molecule has 0 spiro atoms. The van der Waals surface area contributed by atoms with Crippen molar-refractivity contribution in [3.8, 4) is 5.75 Å². The minimum Gasteiger partial charge on any atom is -0.405 e. The molecule has 24 heavy (non-hydrogen) atoms. The number of rotatable bonds is 4. The summed E-state index contributed by atoms with van der Waals surface area (Å²) in [6.07, 6.45) is 6.28. The van der Waals surface area contributed by atoms with E-state index in [4.69, 9.17) is 15.2 Å². The number of nitrogens with two attached hydrogens (primary N) is 1. The lowest BCUT2D eigenvalue weighted by molar-refractivity contribution is -0.0408. The van der Waals surface area contributed by atoms with Crippen LogP contribution in [0.15, 0.2) is 18.7 Å². The maximum absolute atomic E-state index is 12.2. The van der Waals surface area contributed by atoms with E-state index in [0.717, 1.165) is 19.3 Å². The van der Waals surface area contributed by atoms with Crippen LogP contribution in [-0.2, 0) is 11.2 Å². The van der Waals surface area contributed by atoms with E-state index in [2.05, 4.69) is 10.1 Å². The first-order valence-electron chi connectivity index (χ1n) is 7.84. The molecule has 0 aromatic carbocycles. The summed E-state index contributed by atoms with van der Waals surface area (Å²) in [4.78, 5) is 28.0. The Morgan fingerprint density at radius 2 is 2.29 bits per heavy atom. The molecule has 1 aliphatic heterocycles. The van der Waals surface area contributed by atoms with E-state index >= 15 is 0 Å². The van der Waals surface area contributed by atoms with Crippen LogP contribution >= 0.6 is 0 Å². The van der Waals surface area contributed by atoms with E-state index in [1.807, 2.05) is 6.92 Å². The van der Waals surface area contributed by atoms with Crippen molar-refractivity contribution in [1.82, 2.24) is 19.3 Å². The summed E-state index contributed by atoms with van der Waals surface area (Å²) in [5.41, 5.74) is 6.05. The second-order valence-electron chi connectivity index (χ2n) is 5.45. The molecule has 9 nitrogen and oxygen atoms in total. The number of primary amides is 1. The molecule has 1 atom stereocenters. The molecule has 3 heterocycles. The Kier molecular flexibility index (Phi) is 4.61. The van der Waals surface area contributed by atoms with Crippen LogP contribution in [0.25, 0.3) is 0 Å². The van der Waals surface area contributed by atoms with Crippen LogP contribution in [0, 0.1) is 0 Å². The molecule has 1 fully saturated rings. The van der Waals surface area contributed by atoms with Crippen LogP contribution < -0.4 is 10.5 Å². The largest absolute Gasteiger partial charge is 0.424 e. The molecule has 2 N–H and O–H groups in total. The van der Waals surface area contributed by atoms with E-state index < -0.39 is 12.0 Å². The number of hydrogen-bond acceptors (Lipinski definition) is 6. The standard InChI is InChI=1S/C15H19N5O4/c1-2-10-13(24-15(22)19-7-6-17-9-19)12(14(16)21)20(18-10)11-5-3-4-8-23-11/h6-7,9,11H,2-5,8H2,1H3,(H2,16,21). The van der Waals surface area contributed by atoms with Crippen molar-refractivity contribution >= 4 is 12.0 Å². The van der Waals surface area contributed by atoms with Gasteiger partial charge in [-0.15, -0.1) is 0 Å². The zero-order valence-corrected chi connectivity index (χ0v) is 13.3. The second-order valence-corrected chi connectivity index (χ2v) is 5.45. The van der Waals surface area contributed by atoms with Crippen molar-refractivity contribution in [3.05, 3.63) is 30.1 Å². The average Bonchev–Trinajstić information content (AvgIpc) is 3.23. The first-order valence-corrected chi connectivity index (χ1v) is 7.84. The summed E-state index contributed by atoms with van der Waals surface area (Å²) >= 11 is 0. The molecule has 2 aromatic heterocycles. The van der Waals surface area contributed by atoms with E-state index in [9.17, 15) is 9.59 Å². The van der Waals surface area contributed by atoms with E-state index in [0.29, 0.717) is 18.7 Å². The molecule has 0 radical (unpaired) electrons. The van der Waals surface area contributed by atoms with Crippen molar-refractivity contribution in [1.29, 1.82) is 0 Å². The molecule has 1 amide bonds. The van der Waals surface area contributed by atoms with Gasteiger partial charge in [0.1, 0.15) is 12.0 Å². The Labute approximate surface area is 138 Å². The van der Waals surface area contributed by atoms with Gasteiger partial charge >= 0.3 is 6.09 Å². The van der Waals surface area contributed by atoms with E-state index in [1.54, 1.807) is 0 Å². The zero-order valence-electron chi connectivity index (χ0n) is 13.3. The number of imidazole rings is 1. The predicted molar refractivity (Wildman–Crippen MR) is 82.6 cm³/mol. The molecule has 1 unspecified atom stereocenters. The van der Waals surface area contributed by atoms with Gasteiger partial charge in [-0.05, 0) is 25.7 Å². The van der Waals surface area contributed by atoms with Crippen LogP contribution in [0.4, 0.5) is 4.79 Å². The maximum atomic E-state index is 12.2. The molecule has 0 bridgehead atoms. The monoisotopic (exact) mass is 333 g/mol. The Bertz CT molecular complexity index is 731. The summed E-state index contributed by atoms with van der Waals surface area (Å²) in [5.74, 6) is -0.636. The van der Waals surface area contributed by atoms with Crippen molar-refractivity contribution in [3.63, 3.8) is 0 Å². The molecule has 2 aromatic rings. The lowest BCUT2D eigenvalue weighted by Gasteiger charge is -2.23. The lowest BCUT2D eigenvalue weighted by Crippen LogP contribution is -2.26. The van der Waals surface area contributed by atoms with E-state index in [1.165, 1.54) is 28.0 Å². The number of amides is 1. The molecule has 9 heteroatoms. The Balaban J connectivity index is 1.98. The number of nitrogens with zero attached hydrogens (tertiary/aromatic N) is 4. The fourth-order valence-corrected chi connectivity index (χ4v) is 2.66. The normalized spacial score (nSPS) is 17.6. The highest BCUT2D eigenvalue weighted by molar-refractivity contribution is 5.95. The summed E-state index contributed by atoms with van der Waals surface area (Å²) in [6, 6.07) is 0. The van der Waals surface area contributed by atoms with Crippen LogP contribution in [0.1, 0.15) is 48.6 Å². The number of carbonyl (C=O) groups is 2. The topological polar surface area (TPSA) is 114 Å². The molecule has 0 saturated carbocycles. The minimum atomic E-state index is -0.718. The maximum Gasteiger partial charge on any atom is 0.424 e. The van der Waals surface area contributed by atoms with Gasteiger partial charge in [0.2, 0.25) is 0 Å². The van der Waals surface area contributed by atoms with Gasteiger partial charge < -0.3 is 15.2 Å².